The van der Waals surface area contributed by atoms with Gasteiger partial charge in [0.2, 0.25) is 0 Å². The Balaban J connectivity index is 0.00000128. The molecule has 0 saturated carbocycles. The molecule has 1 nitrogen and oxygen atoms in total. The van der Waals surface area contributed by atoms with E-state index in [4.69, 9.17) is 0 Å². The molecule has 1 N–H and O–H groups in total. The van der Waals surface area contributed by atoms with Crippen LogP contribution in [0.25, 0.3) is 0 Å². The van der Waals surface area contributed by atoms with Gasteiger partial charge in [0.25, 0.3) is 0 Å². The fraction of sp³-hybridized carbons (Fsp3) is 0.571. The Hall–Kier alpha value is -0.500. The standard InChI is InChI=1S/C14H20O.BrH/c1-3-10-9-11-7-5-6-8-13(11)12(4-2)14(10)15;/h9,15H,3-8H2,1-2H3;1H. The van der Waals surface area contributed by atoms with E-state index in [1.54, 1.807) is 0 Å². The fourth-order valence-electron chi connectivity index (χ4n) is 2.70. The van der Waals surface area contributed by atoms with Crippen LogP contribution < -0.4 is 0 Å². The molecule has 0 heterocycles. The van der Waals surface area contributed by atoms with Crippen molar-refractivity contribution in [2.45, 2.75) is 52.4 Å². The van der Waals surface area contributed by atoms with E-state index in [0.29, 0.717) is 5.75 Å². The quantitative estimate of drug-likeness (QED) is 0.871. The number of rotatable bonds is 2. The minimum Gasteiger partial charge on any atom is -0.507 e. The first kappa shape index (κ1) is 13.6. The summed E-state index contributed by atoms with van der Waals surface area (Å²) in [7, 11) is 0. The fourth-order valence-corrected chi connectivity index (χ4v) is 2.70. The molecule has 0 radical (unpaired) electrons. The van der Waals surface area contributed by atoms with Crippen LogP contribution in [-0.4, -0.2) is 5.11 Å². The van der Waals surface area contributed by atoms with Crippen molar-refractivity contribution in [1.82, 2.24) is 0 Å². The first-order valence-corrected chi connectivity index (χ1v) is 6.13. The monoisotopic (exact) mass is 284 g/mol. The molecule has 0 amide bonds. The highest BCUT2D eigenvalue weighted by atomic mass is 79.9. The molecule has 2 heteroatoms. The topological polar surface area (TPSA) is 20.2 Å². The van der Waals surface area contributed by atoms with Crippen LogP contribution in [0.4, 0.5) is 0 Å². The van der Waals surface area contributed by atoms with Crippen LogP contribution in [0.2, 0.25) is 0 Å². The number of hydrogen-bond acceptors (Lipinski definition) is 1. The molecule has 2 rings (SSSR count). The number of phenolic OH excluding ortho intramolecular Hbond substituents is 1. The molecule has 90 valence electrons. The SMILES string of the molecule is Br.CCc1cc2c(c(CC)c1O)CCCC2. The molecule has 1 aliphatic carbocycles. The number of aromatic hydroxyl groups is 1. The van der Waals surface area contributed by atoms with E-state index in [2.05, 4.69) is 19.9 Å². The number of fused-ring (bicyclic) bond motifs is 1. The maximum Gasteiger partial charge on any atom is 0.122 e. The smallest absolute Gasteiger partial charge is 0.122 e. The highest BCUT2D eigenvalue weighted by Gasteiger charge is 2.17. The van der Waals surface area contributed by atoms with E-state index in [9.17, 15) is 5.11 Å². The van der Waals surface area contributed by atoms with E-state index in [1.165, 1.54) is 36.0 Å². The summed E-state index contributed by atoms with van der Waals surface area (Å²) in [5.74, 6) is 0.570. The van der Waals surface area contributed by atoms with E-state index in [1.807, 2.05) is 0 Å². The Morgan fingerprint density at radius 2 is 1.81 bits per heavy atom. The Morgan fingerprint density at radius 3 is 2.44 bits per heavy atom. The molecule has 1 aromatic rings. The molecule has 0 fully saturated rings. The number of halogens is 1. The van der Waals surface area contributed by atoms with Gasteiger partial charge < -0.3 is 5.11 Å². The van der Waals surface area contributed by atoms with E-state index in [-0.39, 0.29) is 17.0 Å². The molecular weight excluding hydrogens is 264 g/mol. The van der Waals surface area contributed by atoms with Crippen molar-refractivity contribution in [3.05, 3.63) is 28.3 Å². The number of benzene rings is 1. The lowest BCUT2D eigenvalue weighted by Crippen LogP contribution is -2.08. The van der Waals surface area contributed by atoms with E-state index < -0.39 is 0 Å². The van der Waals surface area contributed by atoms with E-state index in [0.717, 1.165) is 24.8 Å². The second-order valence-electron chi connectivity index (χ2n) is 4.41. The van der Waals surface area contributed by atoms with Gasteiger partial charge in [0, 0.05) is 0 Å². The summed E-state index contributed by atoms with van der Waals surface area (Å²) in [6.45, 7) is 4.26. The third-order valence-corrected chi connectivity index (χ3v) is 3.55. The number of phenols is 1. The van der Waals surface area contributed by atoms with Crippen LogP contribution in [0.1, 0.15) is 48.9 Å². The largest absolute Gasteiger partial charge is 0.507 e. The zero-order chi connectivity index (χ0) is 10.8. The second kappa shape index (κ2) is 5.72. The highest BCUT2D eigenvalue weighted by Crippen LogP contribution is 2.34. The van der Waals surface area contributed by atoms with Crippen molar-refractivity contribution in [3.8, 4) is 5.75 Å². The lowest BCUT2D eigenvalue weighted by Gasteiger charge is -2.22. The Kier molecular flexibility index (Phi) is 4.85. The van der Waals surface area contributed by atoms with Gasteiger partial charge in [-0.15, -0.1) is 17.0 Å². The lowest BCUT2D eigenvalue weighted by molar-refractivity contribution is 0.459. The Morgan fingerprint density at radius 1 is 1.12 bits per heavy atom. The van der Waals surface area contributed by atoms with Gasteiger partial charge in [-0.1, -0.05) is 19.9 Å². The Labute approximate surface area is 109 Å². The summed E-state index contributed by atoms with van der Waals surface area (Å²) in [5.41, 5.74) is 5.28. The molecule has 16 heavy (non-hydrogen) atoms. The summed E-state index contributed by atoms with van der Waals surface area (Å²) in [6, 6.07) is 2.23. The summed E-state index contributed by atoms with van der Waals surface area (Å²) >= 11 is 0. The van der Waals surface area contributed by atoms with Crippen LogP contribution in [0.5, 0.6) is 5.75 Å². The van der Waals surface area contributed by atoms with Gasteiger partial charge in [0.05, 0.1) is 0 Å². The summed E-state index contributed by atoms with van der Waals surface area (Å²) < 4.78 is 0. The maximum absolute atomic E-state index is 10.1. The first-order valence-electron chi connectivity index (χ1n) is 6.13. The molecule has 0 aromatic heterocycles. The molecule has 0 aliphatic heterocycles. The molecule has 0 unspecified atom stereocenters. The molecule has 0 atom stereocenters. The average Bonchev–Trinajstić information content (AvgIpc) is 2.28. The van der Waals surface area contributed by atoms with Gasteiger partial charge in [-0.05, 0) is 60.8 Å². The zero-order valence-electron chi connectivity index (χ0n) is 10.2. The van der Waals surface area contributed by atoms with Crippen molar-refractivity contribution < 1.29 is 5.11 Å². The van der Waals surface area contributed by atoms with Gasteiger partial charge in [-0.2, -0.15) is 0 Å². The maximum atomic E-state index is 10.1. The molecule has 1 aromatic carbocycles. The third-order valence-electron chi connectivity index (χ3n) is 3.55. The van der Waals surface area contributed by atoms with Crippen LogP contribution in [0.3, 0.4) is 0 Å². The van der Waals surface area contributed by atoms with Crippen molar-refractivity contribution >= 4 is 17.0 Å². The van der Waals surface area contributed by atoms with Crippen LogP contribution in [-0.2, 0) is 25.7 Å². The van der Waals surface area contributed by atoms with Gasteiger partial charge in [0.1, 0.15) is 5.75 Å². The minimum atomic E-state index is 0. The highest BCUT2D eigenvalue weighted by molar-refractivity contribution is 8.93. The predicted molar refractivity (Wildman–Crippen MR) is 73.8 cm³/mol. The lowest BCUT2D eigenvalue weighted by atomic mass is 9.85. The van der Waals surface area contributed by atoms with Crippen molar-refractivity contribution in [1.29, 1.82) is 0 Å². The third kappa shape index (κ3) is 2.27. The van der Waals surface area contributed by atoms with Gasteiger partial charge in [0.15, 0.2) is 0 Å². The first-order chi connectivity index (χ1) is 7.27. The molecule has 0 spiro atoms. The number of aryl methyl sites for hydroxylation is 2. The minimum absolute atomic E-state index is 0. The molecule has 0 bridgehead atoms. The van der Waals surface area contributed by atoms with E-state index >= 15 is 0 Å². The number of hydrogen-bond donors (Lipinski definition) is 1. The van der Waals surface area contributed by atoms with Crippen molar-refractivity contribution in [2.75, 3.05) is 0 Å². The van der Waals surface area contributed by atoms with Gasteiger partial charge >= 0.3 is 0 Å². The van der Waals surface area contributed by atoms with Crippen LogP contribution >= 0.6 is 17.0 Å². The summed E-state index contributed by atoms with van der Waals surface area (Å²) in [5, 5.41) is 10.1. The van der Waals surface area contributed by atoms with Gasteiger partial charge in [-0.3, -0.25) is 0 Å². The predicted octanol–water partition coefficient (Wildman–Crippen LogP) is 3.97. The zero-order valence-corrected chi connectivity index (χ0v) is 11.9. The summed E-state index contributed by atoms with van der Waals surface area (Å²) in [6.07, 6.45) is 6.86. The molecule has 0 saturated heterocycles. The Bertz CT molecular complexity index is 371. The van der Waals surface area contributed by atoms with Crippen molar-refractivity contribution in [2.24, 2.45) is 0 Å². The molecular formula is C14H21BrO. The average molecular weight is 285 g/mol. The van der Waals surface area contributed by atoms with Crippen LogP contribution in [0.15, 0.2) is 6.07 Å². The molecule has 1 aliphatic rings. The second-order valence-corrected chi connectivity index (χ2v) is 4.41. The van der Waals surface area contributed by atoms with Crippen molar-refractivity contribution in [3.63, 3.8) is 0 Å². The van der Waals surface area contributed by atoms with Gasteiger partial charge in [-0.25, -0.2) is 0 Å². The normalized spacial score (nSPS) is 14.1. The van der Waals surface area contributed by atoms with Crippen LogP contribution in [0, 0.1) is 0 Å². The summed E-state index contributed by atoms with van der Waals surface area (Å²) in [4.78, 5) is 0.